The molecule has 0 aromatic heterocycles. The highest BCUT2D eigenvalue weighted by molar-refractivity contribution is 5.75. The lowest BCUT2D eigenvalue weighted by Gasteiger charge is -2.22. The minimum Gasteiger partial charge on any atom is -0.380 e. The average molecular weight is 290 g/mol. The van der Waals surface area contributed by atoms with E-state index < -0.39 is 0 Å². The van der Waals surface area contributed by atoms with Gasteiger partial charge in [-0.3, -0.25) is 4.79 Å². The Labute approximate surface area is 127 Å². The van der Waals surface area contributed by atoms with Crippen LogP contribution >= 0.6 is 0 Å². The summed E-state index contributed by atoms with van der Waals surface area (Å²) in [5.41, 5.74) is 2.26. The van der Waals surface area contributed by atoms with Crippen molar-refractivity contribution in [3.05, 3.63) is 35.4 Å². The van der Waals surface area contributed by atoms with E-state index in [1.165, 1.54) is 12.8 Å². The predicted molar refractivity (Wildman–Crippen MR) is 83.8 cm³/mol. The van der Waals surface area contributed by atoms with Crippen LogP contribution in [0.5, 0.6) is 0 Å². The fraction of sp³-hybridized carbons (Fsp3) is 0.588. The average Bonchev–Trinajstić information content (AvgIpc) is 2.53. The largest absolute Gasteiger partial charge is 0.380 e. The second-order valence-electron chi connectivity index (χ2n) is 5.76. The van der Waals surface area contributed by atoms with Crippen LogP contribution in [-0.4, -0.2) is 26.1 Å². The summed E-state index contributed by atoms with van der Waals surface area (Å²) in [4.78, 5) is 11.9. The highest BCUT2D eigenvalue weighted by Gasteiger charge is 2.14. The molecule has 4 nitrogen and oxygen atoms in total. The SMILES string of the molecule is COCc1cccc(CNC(=O)CCC2CCNCC2)c1. The summed E-state index contributed by atoms with van der Waals surface area (Å²) in [6.07, 6.45) is 4.05. The predicted octanol–water partition coefficient (Wildman–Crippen LogP) is 2.23. The Morgan fingerprint density at radius 3 is 2.86 bits per heavy atom. The molecule has 0 radical (unpaired) electrons. The van der Waals surface area contributed by atoms with E-state index in [4.69, 9.17) is 4.74 Å². The van der Waals surface area contributed by atoms with Gasteiger partial charge in [0.2, 0.25) is 5.91 Å². The number of rotatable bonds is 7. The third kappa shape index (κ3) is 5.86. The van der Waals surface area contributed by atoms with E-state index in [2.05, 4.69) is 16.7 Å². The molecule has 116 valence electrons. The van der Waals surface area contributed by atoms with Crippen molar-refractivity contribution in [2.75, 3.05) is 20.2 Å². The van der Waals surface area contributed by atoms with Crippen LogP contribution in [0.3, 0.4) is 0 Å². The van der Waals surface area contributed by atoms with Crippen molar-refractivity contribution in [2.45, 2.75) is 38.8 Å². The Bertz CT molecular complexity index is 442. The molecule has 1 amide bonds. The molecule has 1 aromatic carbocycles. The van der Waals surface area contributed by atoms with E-state index in [1.807, 2.05) is 18.2 Å². The number of hydrogen-bond acceptors (Lipinski definition) is 3. The van der Waals surface area contributed by atoms with Gasteiger partial charge in [0.05, 0.1) is 6.61 Å². The lowest BCUT2D eigenvalue weighted by atomic mass is 9.93. The van der Waals surface area contributed by atoms with Crippen molar-refractivity contribution < 1.29 is 9.53 Å². The first-order valence-corrected chi connectivity index (χ1v) is 7.82. The number of amides is 1. The number of benzene rings is 1. The van der Waals surface area contributed by atoms with Crippen LogP contribution in [0.25, 0.3) is 0 Å². The van der Waals surface area contributed by atoms with Gasteiger partial charge in [-0.15, -0.1) is 0 Å². The summed E-state index contributed by atoms with van der Waals surface area (Å²) in [6.45, 7) is 3.40. The van der Waals surface area contributed by atoms with Gasteiger partial charge in [-0.1, -0.05) is 24.3 Å². The molecule has 1 aliphatic rings. The number of carbonyl (C=O) groups excluding carboxylic acids is 1. The minimum absolute atomic E-state index is 0.158. The van der Waals surface area contributed by atoms with Crippen molar-refractivity contribution in [3.63, 3.8) is 0 Å². The maximum absolute atomic E-state index is 11.9. The Morgan fingerprint density at radius 2 is 2.10 bits per heavy atom. The number of hydrogen-bond donors (Lipinski definition) is 2. The monoisotopic (exact) mass is 290 g/mol. The van der Waals surface area contributed by atoms with Gasteiger partial charge in [0.25, 0.3) is 0 Å². The zero-order chi connectivity index (χ0) is 14.9. The fourth-order valence-electron chi connectivity index (χ4n) is 2.79. The molecule has 21 heavy (non-hydrogen) atoms. The van der Waals surface area contributed by atoms with E-state index in [0.29, 0.717) is 25.5 Å². The number of nitrogens with one attached hydrogen (secondary N) is 2. The van der Waals surface area contributed by atoms with E-state index in [1.54, 1.807) is 7.11 Å². The topological polar surface area (TPSA) is 50.4 Å². The van der Waals surface area contributed by atoms with Crippen LogP contribution in [0.4, 0.5) is 0 Å². The number of carbonyl (C=O) groups is 1. The molecule has 1 aromatic rings. The summed E-state index contributed by atoms with van der Waals surface area (Å²) in [5, 5.41) is 6.37. The first-order chi connectivity index (χ1) is 10.3. The highest BCUT2D eigenvalue weighted by atomic mass is 16.5. The third-order valence-electron chi connectivity index (χ3n) is 4.03. The van der Waals surface area contributed by atoms with E-state index >= 15 is 0 Å². The van der Waals surface area contributed by atoms with Crippen molar-refractivity contribution in [3.8, 4) is 0 Å². The summed E-state index contributed by atoms with van der Waals surface area (Å²) in [5.74, 6) is 0.868. The van der Waals surface area contributed by atoms with Gasteiger partial charge in [-0.2, -0.15) is 0 Å². The third-order valence-corrected chi connectivity index (χ3v) is 4.03. The van der Waals surface area contributed by atoms with Gasteiger partial charge < -0.3 is 15.4 Å². The van der Waals surface area contributed by atoms with E-state index in [9.17, 15) is 4.79 Å². The van der Waals surface area contributed by atoms with E-state index in [-0.39, 0.29) is 5.91 Å². The van der Waals surface area contributed by atoms with Gasteiger partial charge >= 0.3 is 0 Å². The Kier molecular flexibility index (Phi) is 6.70. The van der Waals surface area contributed by atoms with Crippen molar-refractivity contribution >= 4 is 5.91 Å². The second kappa shape index (κ2) is 8.80. The van der Waals surface area contributed by atoms with Gasteiger partial charge in [0.15, 0.2) is 0 Å². The van der Waals surface area contributed by atoms with Gasteiger partial charge in [-0.25, -0.2) is 0 Å². The molecule has 0 unspecified atom stereocenters. The van der Waals surface area contributed by atoms with Crippen LogP contribution in [-0.2, 0) is 22.7 Å². The van der Waals surface area contributed by atoms with Crippen LogP contribution in [0.2, 0.25) is 0 Å². The first-order valence-electron chi connectivity index (χ1n) is 7.82. The summed E-state index contributed by atoms with van der Waals surface area (Å²) in [6, 6.07) is 8.15. The Balaban J connectivity index is 1.69. The molecule has 2 rings (SSSR count). The maximum atomic E-state index is 11.9. The number of ether oxygens (including phenoxy) is 1. The molecule has 1 heterocycles. The molecule has 0 aliphatic carbocycles. The van der Waals surface area contributed by atoms with E-state index in [0.717, 1.165) is 30.6 Å². The maximum Gasteiger partial charge on any atom is 0.220 e. The van der Waals surface area contributed by atoms with Crippen molar-refractivity contribution in [2.24, 2.45) is 5.92 Å². The van der Waals surface area contributed by atoms with Crippen molar-refractivity contribution in [1.82, 2.24) is 10.6 Å². The van der Waals surface area contributed by atoms with Gasteiger partial charge in [0, 0.05) is 20.1 Å². The molecular weight excluding hydrogens is 264 g/mol. The lowest BCUT2D eigenvalue weighted by molar-refractivity contribution is -0.121. The normalized spacial score (nSPS) is 15.9. The quantitative estimate of drug-likeness (QED) is 0.809. The standard InChI is InChI=1S/C17H26N2O2/c1-21-13-16-4-2-3-15(11-16)12-19-17(20)6-5-14-7-9-18-10-8-14/h2-4,11,14,18H,5-10,12-13H2,1H3,(H,19,20). The zero-order valence-corrected chi connectivity index (χ0v) is 12.9. The molecule has 4 heteroatoms. The molecule has 1 aliphatic heterocycles. The van der Waals surface area contributed by atoms with Crippen LogP contribution in [0.15, 0.2) is 24.3 Å². The Morgan fingerprint density at radius 1 is 1.33 bits per heavy atom. The molecule has 0 spiro atoms. The van der Waals surface area contributed by atoms with Gasteiger partial charge in [0.1, 0.15) is 0 Å². The lowest BCUT2D eigenvalue weighted by Crippen LogP contribution is -2.29. The number of methoxy groups -OCH3 is 1. The first kappa shape index (κ1) is 16.0. The summed E-state index contributed by atoms with van der Waals surface area (Å²) in [7, 11) is 1.69. The molecule has 1 saturated heterocycles. The highest BCUT2D eigenvalue weighted by Crippen LogP contribution is 2.17. The van der Waals surface area contributed by atoms with Crippen LogP contribution < -0.4 is 10.6 Å². The molecule has 0 atom stereocenters. The van der Waals surface area contributed by atoms with Crippen LogP contribution in [0, 0.1) is 5.92 Å². The Hall–Kier alpha value is -1.39. The minimum atomic E-state index is 0.158. The molecule has 1 fully saturated rings. The molecular formula is C17H26N2O2. The summed E-state index contributed by atoms with van der Waals surface area (Å²) >= 11 is 0. The number of piperidine rings is 1. The van der Waals surface area contributed by atoms with Crippen LogP contribution in [0.1, 0.15) is 36.8 Å². The fourth-order valence-corrected chi connectivity index (χ4v) is 2.79. The molecule has 0 saturated carbocycles. The van der Waals surface area contributed by atoms with Crippen molar-refractivity contribution in [1.29, 1.82) is 0 Å². The smallest absolute Gasteiger partial charge is 0.220 e. The molecule has 0 bridgehead atoms. The molecule has 2 N–H and O–H groups in total. The second-order valence-corrected chi connectivity index (χ2v) is 5.76. The summed E-state index contributed by atoms with van der Waals surface area (Å²) < 4.78 is 5.12. The van der Waals surface area contributed by atoms with Gasteiger partial charge in [-0.05, 0) is 49.4 Å². The zero-order valence-electron chi connectivity index (χ0n) is 12.9.